The summed E-state index contributed by atoms with van der Waals surface area (Å²) in [6, 6.07) is 0. The monoisotopic (exact) mass is 181 g/mol. The van der Waals surface area contributed by atoms with Crippen LogP contribution < -0.4 is 0 Å². The zero-order chi connectivity index (χ0) is 9.52. The van der Waals surface area contributed by atoms with E-state index in [2.05, 4.69) is 11.6 Å². The fraction of sp³-hybridized carbons (Fsp3) is 0.600. The Hall–Kier alpha value is -1.12. The quantitative estimate of drug-likeness (QED) is 0.581. The summed E-state index contributed by atoms with van der Waals surface area (Å²) >= 11 is 0. The van der Waals surface area contributed by atoms with Crippen LogP contribution in [0.25, 0.3) is 0 Å². The highest BCUT2D eigenvalue weighted by Gasteiger charge is 2.06. The predicted molar refractivity (Wildman–Crippen MR) is 51.7 cm³/mol. The molecule has 0 aromatic heterocycles. The van der Waals surface area contributed by atoms with Gasteiger partial charge in [0.2, 0.25) is 5.90 Å². The molecule has 0 saturated heterocycles. The van der Waals surface area contributed by atoms with Crippen molar-refractivity contribution in [2.75, 3.05) is 6.54 Å². The molecule has 0 radical (unpaired) electrons. The second kappa shape index (κ2) is 5.51. The molecule has 0 spiro atoms. The van der Waals surface area contributed by atoms with Crippen molar-refractivity contribution >= 4 is 11.9 Å². The van der Waals surface area contributed by atoms with Crippen LogP contribution in [0, 0.1) is 0 Å². The molecule has 1 heterocycles. The first-order valence-corrected chi connectivity index (χ1v) is 4.70. The van der Waals surface area contributed by atoms with E-state index < -0.39 is 0 Å². The van der Waals surface area contributed by atoms with Crippen LogP contribution in [0.15, 0.2) is 17.6 Å². The number of cyclic esters (lactones) is 1. The van der Waals surface area contributed by atoms with E-state index in [1.165, 1.54) is 6.08 Å². The van der Waals surface area contributed by atoms with Crippen LogP contribution in [0.3, 0.4) is 0 Å². The van der Waals surface area contributed by atoms with Gasteiger partial charge in [-0.3, -0.25) is 9.79 Å². The Kier molecular flexibility index (Phi) is 4.23. The maximum atomic E-state index is 11.1. The standard InChI is InChI=1S/C10H15NO2/c1-2-9-11-8-6-4-3-5-7-10(12)13-9/h2H,1,3-8H2. The lowest BCUT2D eigenvalue weighted by Crippen LogP contribution is -2.11. The first-order chi connectivity index (χ1) is 6.33. The molecule has 3 heteroatoms. The van der Waals surface area contributed by atoms with Crippen LogP contribution in [0.2, 0.25) is 0 Å². The number of carbonyl (C=O) groups is 1. The van der Waals surface area contributed by atoms with E-state index in [1.54, 1.807) is 0 Å². The highest BCUT2D eigenvalue weighted by molar-refractivity contribution is 5.95. The van der Waals surface area contributed by atoms with Crippen LogP contribution in [0.4, 0.5) is 0 Å². The Balaban J connectivity index is 2.54. The molecule has 0 aliphatic carbocycles. The Bertz CT molecular complexity index is 221. The summed E-state index contributed by atoms with van der Waals surface area (Å²) in [5.41, 5.74) is 0. The van der Waals surface area contributed by atoms with E-state index in [9.17, 15) is 4.79 Å². The summed E-state index contributed by atoms with van der Waals surface area (Å²) in [6.45, 7) is 4.27. The summed E-state index contributed by atoms with van der Waals surface area (Å²) < 4.78 is 4.97. The van der Waals surface area contributed by atoms with Crippen molar-refractivity contribution in [1.29, 1.82) is 0 Å². The van der Waals surface area contributed by atoms with Gasteiger partial charge in [-0.25, -0.2) is 0 Å². The fourth-order valence-electron chi connectivity index (χ4n) is 1.23. The largest absolute Gasteiger partial charge is 0.408 e. The molecule has 0 amide bonds. The molecule has 0 atom stereocenters. The Labute approximate surface area is 78.5 Å². The number of ether oxygens (including phenoxy) is 1. The maximum absolute atomic E-state index is 11.1. The van der Waals surface area contributed by atoms with Crippen molar-refractivity contribution in [1.82, 2.24) is 0 Å². The molecule has 1 aliphatic rings. The third kappa shape index (κ3) is 3.87. The van der Waals surface area contributed by atoms with E-state index in [1.807, 2.05) is 0 Å². The molecule has 0 aromatic carbocycles. The zero-order valence-corrected chi connectivity index (χ0v) is 7.79. The van der Waals surface area contributed by atoms with Gasteiger partial charge < -0.3 is 4.74 Å². The molecule has 1 rings (SSSR count). The topological polar surface area (TPSA) is 38.7 Å². The first kappa shape index (κ1) is 9.96. The van der Waals surface area contributed by atoms with Crippen molar-refractivity contribution in [3.8, 4) is 0 Å². The number of rotatable bonds is 1. The lowest BCUT2D eigenvalue weighted by Gasteiger charge is -2.06. The number of nitrogens with zero attached hydrogens (tertiary/aromatic N) is 1. The van der Waals surface area contributed by atoms with Crippen molar-refractivity contribution in [3.05, 3.63) is 12.7 Å². The van der Waals surface area contributed by atoms with E-state index in [0.29, 0.717) is 12.3 Å². The number of carbonyl (C=O) groups excluding carboxylic acids is 1. The van der Waals surface area contributed by atoms with E-state index in [0.717, 1.165) is 32.2 Å². The summed E-state index contributed by atoms with van der Waals surface area (Å²) in [6.07, 6.45) is 6.19. The molecule has 0 unspecified atom stereocenters. The smallest absolute Gasteiger partial charge is 0.312 e. The normalized spacial score (nSPS) is 20.0. The van der Waals surface area contributed by atoms with Gasteiger partial charge in [0.1, 0.15) is 0 Å². The van der Waals surface area contributed by atoms with Crippen molar-refractivity contribution in [3.63, 3.8) is 0 Å². The summed E-state index contributed by atoms with van der Waals surface area (Å²) in [5.74, 6) is 0.174. The molecule has 72 valence electrons. The van der Waals surface area contributed by atoms with Gasteiger partial charge in [0.05, 0.1) is 0 Å². The zero-order valence-electron chi connectivity index (χ0n) is 7.79. The number of esters is 1. The van der Waals surface area contributed by atoms with Gasteiger partial charge in [0, 0.05) is 13.0 Å². The van der Waals surface area contributed by atoms with Crippen molar-refractivity contribution < 1.29 is 9.53 Å². The lowest BCUT2D eigenvalue weighted by molar-refractivity contribution is -0.135. The van der Waals surface area contributed by atoms with Gasteiger partial charge in [-0.05, 0) is 18.9 Å². The van der Waals surface area contributed by atoms with Crippen molar-refractivity contribution in [2.45, 2.75) is 32.1 Å². The molecule has 0 fully saturated rings. The third-order valence-corrected chi connectivity index (χ3v) is 1.95. The minimum Gasteiger partial charge on any atom is -0.408 e. The van der Waals surface area contributed by atoms with Gasteiger partial charge in [-0.2, -0.15) is 0 Å². The Morgan fingerprint density at radius 2 is 2.08 bits per heavy atom. The van der Waals surface area contributed by atoms with Gasteiger partial charge in [-0.15, -0.1) is 0 Å². The molecule has 13 heavy (non-hydrogen) atoms. The summed E-state index contributed by atoms with van der Waals surface area (Å²) in [5, 5.41) is 0. The highest BCUT2D eigenvalue weighted by Crippen LogP contribution is 2.07. The second-order valence-electron chi connectivity index (χ2n) is 3.06. The fourth-order valence-corrected chi connectivity index (χ4v) is 1.23. The van der Waals surface area contributed by atoms with Crippen molar-refractivity contribution in [2.24, 2.45) is 4.99 Å². The van der Waals surface area contributed by atoms with Gasteiger partial charge >= 0.3 is 5.97 Å². The molecule has 3 nitrogen and oxygen atoms in total. The molecule has 0 aromatic rings. The van der Waals surface area contributed by atoms with E-state index in [4.69, 9.17) is 4.74 Å². The maximum Gasteiger partial charge on any atom is 0.312 e. The minimum absolute atomic E-state index is 0.194. The molecular weight excluding hydrogens is 166 g/mol. The molecule has 0 bridgehead atoms. The third-order valence-electron chi connectivity index (χ3n) is 1.95. The average Bonchev–Trinajstić information content (AvgIpc) is 2.15. The lowest BCUT2D eigenvalue weighted by atomic mass is 10.1. The van der Waals surface area contributed by atoms with Gasteiger partial charge in [-0.1, -0.05) is 19.4 Å². The molecule has 0 N–H and O–H groups in total. The molecule has 1 aliphatic heterocycles. The summed E-state index contributed by atoms with van der Waals surface area (Å²) in [4.78, 5) is 15.2. The highest BCUT2D eigenvalue weighted by atomic mass is 16.5. The number of hydrogen-bond donors (Lipinski definition) is 0. The predicted octanol–water partition coefficient (Wildman–Crippen LogP) is 2.08. The van der Waals surface area contributed by atoms with Crippen LogP contribution in [0.1, 0.15) is 32.1 Å². The average molecular weight is 181 g/mol. The van der Waals surface area contributed by atoms with Crippen LogP contribution in [-0.4, -0.2) is 18.4 Å². The van der Waals surface area contributed by atoms with Crippen LogP contribution >= 0.6 is 0 Å². The van der Waals surface area contributed by atoms with E-state index >= 15 is 0 Å². The van der Waals surface area contributed by atoms with E-state index in [-0.39, 0.29) is 5.97 Å². The Morgan fingerprint density at radius 3 is 2.85 bits per heavy atom. The summed E-state index contributed by atoms with van der Waals surface area (Å²) in [7, 11) is 0. The van der Waals surface area contributed by atoms with Gasteiger partial charge in [0.25, 0.3) is 0 Å². The van der Waals surface area contributed by atoms with Crippen LogP contribution in [-0.2, 0) is 9.53 Å². The SMILES string of the molecule is C=CC1=NCCCCCCC(=O)O1. The number of hydrogen-bond acceptors (Lipinski definition) is 3. The Morgan fingerprint density at radius 1 is 1.31 bits per heavy atom. The number of aliphatic imine (C=N–C) groups is 1. The van der Waals surface area contributed by atoms with Crippen LogP contribution in [0.5, 0.6) is 0 Å². The van der Waals surface area contributed by atoms with Gasteiger partial charge in [0.15, 0.2) is 0 Å². The first-order valence-electron chi connectivity index (χ1n) is 4.70. The second-order valence-corrected chi connectivity index (χ2v) is 3.06. The molecule has 0 saturated carbocycles. The molecular formula is C10H15NO2. The minimum atomic E-state index is -0.194.